The third-order valence-electron chi connectivity index (χ3n) is 6.22. The second-order valence-electron chi connectivity index (χ2n) is 8.55. The fraction of sp³-hybridized carbons (Fsp3) is 0.500. The van der Waals surface area contributed by atoms with Crippen LogP contribution in [0, 0.1) is 6.92 Å². The van der Waals surface area contributed by atoms with Crippen LogP contribution in [0.4, 0.5) is 20.7 Å². The maximum absolute atomic E-state index is 14.9. The van der Waals surface area contributed by atoms with Gasteiger partial charge in [-0.25, -0.2) is 23.9 Å². The number of aromatic nitrogens is 2. The SMILES string of the molecule is CCCCOC(=O)N1CCC(Oc2ncnc(N3CCc4cc(C(=O)O)ccc43)c2C)C(F)C1. The normalized spacial score (nSPS) is 19.6. The van der Waals surface area contributed by atoms with Gasteiger partial charge in [-0.3, -0.25) is 0 Å². The van der Waals surface area contributed by atoms with E-state index in [0.29, 0.717) is 49.8 Å². The lowest BCUT2D eigenvalue weighted by molar-refractivity contribution is 0.0139. The number of rotatable bonds is 7. The van der Waals surface area contributed by atoms with Crippen molar-refractivity contribution < 1.29 is 28.6 Å². The van der Waals surface area contributed by atoms with Crippen molar-refractivity contribution in [2.24, 2.45) is 0 Å². The Hall–Kier alpha value is -3.43. The molecule has 1 N–H and O–H groups in total. The zero-order valence-electron chi connectivity index (χ0n) is 19.4. The fourth-order valence-corrected chi connectivity index (χ4v) is 4.29. The van der Waals surface area contributed by atoms with Crippen LogP contribution in [0.2, 0.25) is 0 Å². The van der Waals surface area contributed by atoms with E-state index in [4.69, 9.17) is 9.47 Å². The minimum Gasteiger partial charge on any atom is -0.478 e. The largest absolute Gasteiger partial charge is 0.478 e. The standard InChI is InChI=1S/C24H29FN4O5/c1-3-4-11-33-24(32)28-9-8-20(18(25)13-28)34-22-15(2)21(26-14-27-22)29-10-7-16-12-17(23(30)31)5-6-19(16)29/h5-6,12,14,18,20H,3-4,7-11,13H2,1-2H3,(H,30,31). The molecule has 0 bridgehead atoms. The molecule has 2 atom stereocenters. The van der Waals surface area contributed by atoms with Crippen molar-refractivity contribution in [2.45, 2.75) is 51.8 Å². The molecule has 34 heavy (non-hydrogen) atoms. The van der Waals surface area contributed by atoms with E-state index in [2.05, 4.69) is 9.97 Å². The number of fused-ring (bicyclic) bond motifs is 1. The summed E-state index contributed by atoms with van der Waals surface area (Å²) in [6.07, 6.45) is 1.51. The van der Waals surface area contributed by atoms with Crippen LogP contribution in [0.5, 0.6) is 5.88 Å². The number of piperidine rings is 1. The Labute approximate surface area is 197 Å². The van der Waals surface area contributed by atoms with Crippen LogP contribution in [0.1, 0.15) is 47.7 Å². The highest BCUT2D eigenvalue weighted by atomic mass is 19.1. The number of benzene rings is 1. The number of unbranched alkanes of at least 4 members (excludes halogenated alkanes) is 1. The molecule has 10 heteroatoms. The summed E-state index contributed by atoms with van der Waals surface area (Å²) >= 11 is 0. The molecule has 4 rings (SSSR count). The summed E-state index contributed by atoms with van der Waals surface area (Å²) in [5, 5.41) is 9.24. The summed E-state index contributed by atoms with van der Waals surface area (Å²) < 4.78 is 26.0. The number of hydrogen-bond donors (Lipinski definition) is 1. The summed E-state index contributed by atoms with van der Waals surface area (Å²) in [5.74, 6) is -0.0254. The molecule has 2 unspecified atom stereocenters. The Bertz CT molecular complexity index is 1070. The summed E-state index contributed by atoms with van der Waals surface area (Å²) in [4.78, 5) is 35.4. The van der Waals surface area contributed by atoms with Crippen LogP contribution in [0.15, 0.2) is 24.5 Å². The zero-order chi connectivity index (χ0) is 24.2. The van der Waals surface area contributed by atoms with Gasteiger partial charge in [0.1, 0.15) is 18.2 Å². The predicted octanol–water partition coefficient (Wildman–Crippen LogP) is 3.91. The van der Waals surface area contributed by atoms with Gasteiger partial charge in [-0.2, -0.15) is 0 Å². The molecule has 9 nitrogen and oxygen atoms in total. The van der Waals surface area contributed by atoms with Gasteiger partial charge in [0.2, 0.25) is 5.88 Å². The number of carbonyl (C=O) groups is 2. The Morgan fingerprint density at radius 3 is 2.82 bits per heavy atom. The number of ether oxygens (including phenoxy) is 2. The van der Waals surface area contributed by atoms with E-state index in [1.807, 2.05) is 18.7 Å². The number of alkyl halides is 1. The number of anilines is 2. The van der Waals surface area contributed by atoms with Crippen LogP contribution in [0.3, 0.4) is 0 Å². The van der Waals surface area contributed by atoms with E-state index in [9.17, 15) is 19.1 Å². The second kappa shape index (κ2) is 10.2. The van der Waals surface area contributed by atoms with Crippen LogP contribution in [0.25, 0.3) is 0 Å². The molecule has 182 valence electrons. The number of halogens is 1. The molecule has 1 aromatic carbocycles. The first-order chi connectivity index (χ1) is 16.4. The highest BCUT2D eigenvalue weighted by Gasteiger charge is 2.35. The van der Waals surface area contributed by atoms with E-state index in [-0.39, 0.29) is 12.1 Å². The van der Waals surface area contributed by atoms with Crippen molar-refractivity contribution in [1.29, 1.82) is 0 Å². The average Bonchev–Trinajstić information content (AvgIpc) is 3.24. The first-order valence-corrected chi connectivity index (χ1v) is 11.6. The van der Waals surface area contributed by atoms with Gasteiger partial charge in [-0.1, -0.05) is 13.3 Å². The summed E-state index contributed by atoms with van der Waals surface area (Å²) in [7, 11) is 0. The molecule has 0 radical (unpaired) electrons. The molecule has 1 amide bonds. The van der Waals surface area contributed by atoms with Crippen molar-refractivity contribution >= 4 is 23.6 Å². The van der Waals surface area contributed by atoms with Gasteiger partial charge in [-0.05, 0) is 43.5 Å². The number of aromatic carboxylic acids is 1. The summed E-state index contributed by atoms with van der Waals surface area (Å²) in [6, 6.07) is 5.03. The van der Waals surface area contributed by atoms with Crippen molar-refractivity contribution in [3.63, 3.8) is 0 Å². The summed E-state index contributed by atoms with van der Waals surface area (Å²) in [5.41, 5.74) is 2.74. The topological polar surface area (TPSA) is 105 Å². The van der Waals surface area contributed by atoms with Gasteiger partial charge >= 0.3 is 12.1 Å². The van der Waals surface area contributed by atoms with E-state index >= 15 is 0 Å². The molecule has 2 aliphatic heterocycles. The lowest BCUT2D eigenvalue weighted by Crippen LogP contribution is -2.49. The monoisotopic (exact) mass is 472 g/mol. The Kier molecular flexibility index (Phi) is 7.14. The minimum atomic E-state index is -1.37. The van der Waals surface area contributed by atoms with Gasteiger partial charge in [0.15, 0.2) is 6.17 Å². The van der Waals surface area contributed by atoms with Gasteiger partial charge in [0.05, 0.1) is 24.3 Å². The number of likely N-dealkylation sites (tertiary alicyclic amines) is 1. The van der Waals surface area contributed by atoms with Crippen molar-refractivity contribution in [2.75, 3.05) is 31.1 Å². The number of hydrogen-bond acceptors (Lipinski definition) is 7. The quantitative estimate of drug-likeness (QED) is 0.605. The van der Waals surface area contributed by atoms with Crippen LogP contribution in [-0.2, 0) is 11.2 Å². The Morgan fingerprint density at radius 2 is 2.09 bits per heavy atom. The fourth-order valence-electron chi connectivity index (χ4n) is 4.29. The second-order valence-corrected chi connectivity index (χ2v) is 8.55. The number of amides is 1. The van der Waals surface area contributed by atoms with Gasteiger partial charge < -0.3 is 24.4 Å². The molecular weight excluding hydrogens is 443 g/mol. The average molecular weight is 473 g/mol. The molecule has 2 aliphatic rings. The molecule has 0 spiro atoms. The minimum absolute atomic E-state index is 0.0853. The third-order valence-corrected chi connectivity index (χ3v) is 6.22. The van der Waals surface area contributed by atoms with Crippen molar-refractivity contribution in [3.05, 3.63) is 41.2 Å². The Balaban J connectivity index is 1.44. The van der Waals surface area contributed by atoms with E-state index in [1.165, 1.54) is 11.2 Å². The molecule has 0 saturated carbocycles. The Morgan fingerprint density at radius 1 is 1.26 bits per heavy atom. The number of carbonyl (C=O) groups excluding carboxylic acids is 1. The molecule has 1 saturated heterocycles. The van der Waals surface area contributed by atoms with E-state index in [1.54, 1.807) is 18.2 Å². The highest BCUT2D eigenvalue weighted by molar-refractivity contribution is 5.89. The van der Waals surface area contributed by atoms with Crippen LogP contribution >= 0.6 is 0 Å². The first-order valence-electron chi connectivity index (χ1n) is 11.6. The van der Waals surface area contributed by atoms with Crippen molar-refractivity contribution in [3.8, 4) is 5.88 Å². The smallest absolute Gasteiger partial charge is 0.409 e. The van der Waals surface area contributed by atoms with E-state index < -0.39 is 24.3 Å². The third kappa shape index (κ3) is 4.90. The highest BCUT2D eigenvalue weighted by Crippen LogP contribution is 2.37. The molecule has 1 aromatic heterocycles. The van der Waals surface area contributed by atoms with Gasteiger partial charge in [0.25, 0.3) is 0 Å². The van der Waals surface area contributed by atoms with Gasteiger partial charge in [-0.15, -0.1) is 0 Å². The molecular formula is C24H29FN4O5. The first kappa shape index (κ1) is 23.7. The number of carboxylic acid groups (broad SMARTS) is 1. The molecule has 3 heterocycles. The maximum atomic E-state index is 14.9. The molecule has 2 aromatic rings. The van der Waals surface area contributed by atoms with Gasteiger partial charge in [0, 0.05) is 25.2 Å². The number of carboxylic acids is 1. The van der Waals surface area contributed by atoms with E-state index in [0.717, 1.165) is 24.1 Å². The molecule has 0 aliphatic carbocycles. The molecule has 1 fully saturated rings. The lowest BCUT2D eigenvalue weighted by atomic mass is 10.1. The lowest BCUT2D eigenvalue weighted by Gasteiger charge is -2.34. The van der Waals surface area contributed by atoms with Crippen LogP contribution < -0.4 is 9.64 Å². The van der Waals surface area contributed by atoms with Crippen molar-refractivity contribution in [1.82, 2.24) is 14.9 Å². The zero-order valence-corrected chi connectivity index (χ0v) is 19.4. The van der Waals surface area contributed by atoms with Crippen LogP contribution in [-0.4, -0.2) is 70.6 Å². The summed E-state index contributed by atoms with van der Waals surface area (Å²) in [6.45, 7) is 5.06. The maximum Gasteiger partial charge on any atom is 0.409 e. The number of nitrogens with zero attached hydrogens (tertiary/aromatic N) is 4. The predicted molar refractivity (Wildman–Crippen MR) is 123 cm³/mol.